The molecule has 1 atom stereocenters. The van der Waals surface area contributed by atoms with Gasteiger partial charge in [0.05, 0.1) is 6.61 Å². The molecule has 2 aliphatic carbocycles. The molecule has 3 aliphatic rings. The fraction of sp³-hybridized carbons (Fsp3) is 0.474. The summed E-state index contributed by atoms with van der Waals surface area (Å²) in [7, 11) is 0. The number of hydrogen-bond acceptors (Lipinski definition) is 3. The first kappa shape index (κ1) is 14.5. The molecule has 23 heavy (non-hydrogen) atoms. The van der Waals surface area contributed by atoms with E-state index >= 15 is 0 Å². The van der Waals surface area contributed by atoms with Crippen molar-refractivity contribution < 1.29 is 9.53 Å². The maximum atomic E-state index is 12.2. The minimum absolute atomic E-state index is 0.0934. The zero-order valence-electron chi connectivity index (χ0n) is 13.3. The maximum absolute atomic E-state index is 12.2. The van der Waals surface area contributed by atoms with Gasteiger partial charge in [0.2, 0.25) is 11.8 Å². The minimum Gasteiger partial charge on any atom is -0.477 e. The van der Waals surface area contributed by atoms with E-state index in [-0.39, 0.29) is 5.91 Å². The zero-order chi connectivity index (χ0) is 15.6. The Labute approximate surface area is 136 Å². The van der Waals surface area contributed by atoms with Crippen molar-refractivity contribution in [3.63, 3.8) is 0 Å². The van der Waals surface area contributed by atoms with Crippen molar-refractivity contribution in [1.29, 1.82) is 0 Å². The van der Waals surface area contributed by atoms with E-state index in [1.54, 1.807) is 0 Å². The van der Waals surface area contributed by atoms with E-state index in [9.17, 15) is 4.79 Å². The first-order valence-corrected chi connectivity index (χ1v) is 8.60. The highest BCUT2D eigenvalue weighted by Gasteiger charge is 2.30. The number of allylic oxidation sites excluding steroid dienone is 3. The number of fused-ring (bicyclic) bond motifs is 3. The second kappa shape index (κ2) is 6.19. The van der Waals surface area contributed by atoms with Gasteiger partial charge < -0.3 is 10.1 Å². The first-order chi connectivity index (χ1) is 11.3. The van der Waals surface area contributed by atoms with Crippen LogP contribution in [0.4, 0.5) is 0 Å². The molecule has 1 N–H and O–H groups in total. The van der Waals surface area contributed by atoms with Crippen LogP contribution in [0.25, 0.3) is 0 Å². The van der Waals surface area contributed by atoms with Gasteiger partial charge in [-0.2, -0.15) is 0 Å². The molecule has 0 saturated carbocycles. The third-order valence-corrected chi connectivity index (χ3v) is 5.11. The molecule has 4 nitrogen and oxygen atoms in total. The third-order valence-electron chi connectivity index (χ3n) is 5.11. The van der Waals surface area contributed by atoms with Crippen molar-refractivity contribution in [3.8, 4) is 5.88 Å². The van der Waals surface area contributed by atoms with Crippen molar-refractivity contribution in [2.75, 3.05) is 13.2 Å². The second-order valence-corrected chi connectivity index (χ2v) is 6.52. The number of ether oxygens (including phenoxy) is 1. The molecule has 0 bridgehead atoms. The van der Waals surface area contributed by atoms with Crippen LogP contribution in [-0.2, 0) is 17.6 Å². The third kappa shape index (κ3) is 2.78. The second-order valence-electron chi connectivity index (χ2n) is 6.52. The molecule has 0 aromatic carbocycles. The molecule has 2 heterocycles. The van der Waals surface area contributed by atoms with Gasteiger partial charge in [-0.05, 0) is 49.1 Å². The summed E-state index contributed by atoms with van der Waals surface area (Å²) in [4.78, 5) is 16.6. The van der Waals surface area contributed by atoms with Crippen LogP contribution >= 0.6 is 0 Å². The van der Waals surface area contributed by atoms with Gasteiger partial charge in [0, 0.05) is 30.3 Å². The largest absolute Gasteiger partial charge is 0.477 e. The Morgan fingerprint density at radius 3 is 3.17 bits per heavy atom. The van der Waals surface area contributed by atoms with Crippen LogP contribution in [0.15, 0.2) is 30.0 Å². The van der Waals surface area contributed by atoms with Crippen molar-refractivity contribution in [2.45, 2.75) is 44.4 Å². The van der Waals surface area contributed by atoms with E-state index in [2.05, 4.69) is 16.4 Å². The fourth-order valence-electron chi connectivity index (χ4n) is 3.94. The van der Waals surface area contributed by atoms with Gasteiger partial charge >= 0.3 is 0 Å². The van der Waals surface area contributed by atoms with Gasteiger partial charge in [0.15, 0.2) is 0 Å². The molecule has 1 aliphatic heterocycles. The first-order valence-electron chi connectivity index (χ1n) is 8.60. The smallest absolute Gasteiger partial charge is 0.247 e. The van der Waals surface area contributed by atoms with E-state index in [0.29, 0.717) is 5.92 Å². The van der Waals surface area contributed by atoms with Crippen molar-refractivity contribution in [3.05, 3.63) is 46.7 Å². The number of carbonyl (C=O) groups is 1. The Balaban J connectivity index is 1.39. The predicted molar refractivity (Wildman–Crippen MR) is 88.6 cm³/mol. The number of hydrogen-bond donors (Lipinski definition) is 1. The highest BCUT2D eigenvalue weighted by molar-refractivity contribution is 5.93. The molecule has 1 unspecified atom stereocenters. The van der Waals surface area contributed by atoms with Crippen LogP contribution in [0, 0.1) is 0 Å². The maximum Gasteiger partial charge on any atom is 0.247 e. The van der Waals surface area contributed by atoms with Gasteiger partial charge in [0.1, 0.15) is 0 Å². The lowest BCUT2D eigenvalue weighted by Gasteiger charge is -2.15. The number of rotatable bonds is 4. The molecule has 4 heteroatoms. The van der Waals surface area contributed by atoms with E-state index in [4.69, 9.17) is 4.74 Å². The summed E-state index contributed by atoms with van der Waals surface area (Å²) in [5.41, 5.74) is 5.06. The van der Waals surface area contributed by atoms with Gasteiger partial charge in [-0.15, -0.1) is 0 Å². The van der Waals surface area contributed by atoms with E-state index < -0.39 is 0 Å². The monoisotopic (exact) mass is 310 g/mol. The van der Waals surface area contributed by atoms with E-state index in [1.165, 1.54) is 16.7 Å². The summed E-state index contributed by atoms with van der Waals surface area (Å²) in [5.74, 6) is 1.46. The lowest BCUT2D eigenvalue weighted by molar-refractivity contribution is -0.117. The predicted octanol–water partition coefficient (Wildman–Crippen LogP) is 2.83. The Bertz CT molecular complexity index is 691. The Hall–Kier alpha value is -2.10. The topological polar surface area (TPSA) is 51.2 Å². The van der Waals surface area contributed by atoms with Crippen LogP contribution < -0.4 is 10.1 Å². The van der Waals surface area contributed by atoms with Crippen molar-refractivity contribution >= 4 is 5.91 Å². The molecule has 1 amide bonds. The van der Waals surface area contributed by atoms with Gasteiger partial charge in [0.25, 0.3) is 0 Å². The van der Waals surface area contributed by atoms with Gasteiger partial charge in [-0.1, -0.05) is 18.2 Å². The SMILES string of the molecule is O=C(NCCC1CCc2cnc3c(c21)CCO3)C1=CC=CCC1. The molecule has 1 aromatic heterocycles. The van der Waals surface area contributed by atoms with Crippen molar-refractivity contribution in [1.82, 2.24) is 10.3 Å². The molecule has 0 fully saturated rings. The molecule has 4 rings (SSSR count). The summed E-state index contributed by atoms with van der Waals surface area (Å²) in [6, 6.07) is 0. The fourth-order valence-corrected chi connectivity index (χ4v) is 3.94. The number of aryl methyl sites for hydroxylation is 1. The van der Waals surface area contributed by atoms with Crippen LogP contribution in [0.5, 0.6) is 5.88 Å². The number of amides is 1. The zero-order valence-corrected chi connectivity index (χ0v) is 13.3. The number of nitrogens with zero attached hydrogens (tertiary/aromatic N) is 1. The highest BCUT2D eigenvalue weighted by Crippen LogP contribution is 2.41. The summed E-state index contributed by atoms with van der Waals surface area (Å²) >= 11 is 0. The highest BCUT2D eigenvalue weighted by atomic mass is 16.5. The summed E-state index contributed by atoms with van der Waals surface area (Å²) in [5, 5.41) is 3.09. The summed E-state index contributed by atoms with van der Waals surface area (Å²) in [6.07, 6.45) is 14.0. The number of aromatic nitrogens is 1. The quantitative estimate of drug-likeness (QED) is 0.930. The number of nitrogens with one attached hydrogen (secondary N) is 1. The van der Waals surface area contributed by atoms with Crippen LogP contribution in [0.1, 0.15) is 48.3 Å². The van der Waals surface area contributed by atoms with Crippen LogP contribution in [0.2, 0.25) is 0 Å². The average molecular weight is 310 g/mol. The van der Waals surface area contributed by atoms with E-state index in [0.717, 1.165) is 63.1 Å². The lowest BCUT2D eigenvalue weighted by Crippen LogP contribution is -2.27. The normalized spacial score (nSPS) is 21.4. The average Bonchev–Trinajstić information content (AvgIpc) is 3.21. The Kier molecular flexibility index (Phi) is 3.90. The summed E-state index contributed by atoms with van der Waals surface area (Å²) in [6.45, 7) is 1.49. The minimum atomic E-state index is 0.0934. The molecule has 0 saturated heterocycles. The van der Waals surface area contributed by atoms with Crippen LogP contribution in [-0.4, -0.2) is 24.0 Å². The molecule has 120 valence electrons. The molecule has 0 spiro atoms. The van der Waals surface area contributed by atoms with Gasteiger partial charge in [-0.3, -0.25) is 4.79 Å². The van der Waals surface area contributed by atoms with Crippen LogP contribution in [0.3, 0.4) is 0 Å². The standard InChI is InChI=1S/C19H22N2O2/c22-18(14-4-2-1-3-5-14)20-10-8-13-6-7-15-12-21-19-16(17(13)15)9-11-23-19/h1-2,4,12-13H,3,5-11H2,(H,20,22). The van der Waals surface area contributed by atoms with E-state index in [1.807, 2.05) is 18.3 Å². The molecular weight excluding hydrogens is 288 g/mol. The number of pyridine rings is 1. The molecular formula is C19H22N2O2. The van der Waals surface area contributed by atoms with Gasteiger partial charge in [-0.25, -0.2) is 4.98 Å². The molecule has 0 radical (unpaired) electrons. The number of carbonyl (C=O) groups excluding carboxylic acids is 1. The molecule has 1 aromatic rings. The lowest BCUT2D eigenvalue weighted by atomic mass is 9.93. The summed E-state index contributed by atoms with van der Waals surface area (Å²) < 4.78 is 5.60. The Morgan fingerprint density at radius 1 is 1.35 bits per heavy atom. The van der Waals surface area contributed by atoms with Crippen molar-refractivity contribution in [2.24, 2.45) is 0 Å². The Morgan fingerprint density at radius 2 is 2.30 bits per heavy atom.